The van der Waals surface area contributed by atoms with E-state index >= 15 is 0 Å². The molecule has 0 unspecified atom stereocenters. The molecule has 3 aromatic rings. The second kappa shape index (κ2) is 7.47. The third-order valence-corrected chi connectivity index (χ3v) is 4.12. The number of hydrogen-bond acceptors (Lipinski definition) is 3. The SMILES string of the molecule is [C-]#[N+]c1cc(NCc2ccccn2)n(-c2c(Cl)cc(C(F)(F)F)cc2Cl)n1. The summed E-state index contributed by atoms with van der Waals surface area (Å²) < 4.78 is 40.0. The maximum atomic E-state index is 12.9. The quantitative estimate of drug-likeness (QED) is 0.555. The van der Waals surface area contributed by atoms with E-state index in [1.165, 1.54) is 10.7 Å². The van der Waals surface area contributed by atoms with Crippen molar-refractivity contribution in [2.24, 2.45) is 0 Å². The Balaban J connectivity index is 2.02. The number of pyridine rings is 1. The summed E-state index contributed by atoms with van der Waals surface area (Å²) in [5.74, 6) is 0.376. The highest BCUT2D eigenvalue weighted by atomic mass is 35.5. The fourth-order valence-electron chi connectivity index (χ4n) is 2.33. The first kappa shape index (κ1) is 19.0. The predicted molar refractivity (Wildman–Crippen MR) is 96.4 cm³/mol. The molecule has 5 nitrogen and oxygen atoms in total. The molecule has 0 aliphatic heterocycles. The molecule has 138 valence electrons. The zero-order valence-corrected chi connectivity index (χ0v) is 14.9. The van der Waals surface area contributed by atoms with E-state index in [-0.39, 0.29) is 21.6 Å². The van der Waals surface area contributed by atoms with Crippen LogP contribution in [0.25, 0.3) is 10.5 Å². The number of rotatable bonds is 4. The van der Waals surface area contributed by atoms with Crippen LogP contribution in [0.2, 0.25) is 10.0 Å². The van der Waals surface area contributed by atoms with Crippen LogP contribution in [0.4, 0.5) is 24.8 Å². The summed E-state index contributed by atoms with van der Waals surface area (Å²) in [4.78, 5) is 7.41. The molecule has 0 aliphatic carbocycles. The van der Waals surface area contributed by atoms with Gasteiger partial charge in [0.25, 0.3) is 5.82 Å². The van der Waals surface area contributed by atoms with Gasteiger partial charge in [-0.3, -0.25) is 4.98 Å². The molecule has 2 heterocycles. The van der Waals surface area contributed by atoms with E-state index in [0.717, 1.165) is 17.8 Å². The van der Waals surface area contributed by atoms with Crippen molar-refractivity contribution in [2.45, 2.75) is 12.7 Å². The van der Waals surface area contributed by atoms with Crippen LogP contribution in [0, 0.1) is 6.57 Å². The van der Waals surface area contributed by atoms with Crippen molar-refractivity contribution < 1.29 is 13.2 Å². The van der Waals surface area contributed by atoms with Crippen LogP contribution in [-0.4, -0.2) is 14.8 Å². The average molecular weight is 412 g/mol. The molecule has 1 aromatic carbocycles. The van der Waals surface area contributed by atoms with Crippen molar-refractivity contribution in [1.82, 2.24) is 14.8 Å². The van der Waals surface area contributed by atoms with Crippen LogP contribution in [0.5, 0.6) is 0 Å². The fraction of sp³-hybridized carbons (Fsp3) is 0.118. The lowest BCUT2D eigenvalue weighted by Gasteiger charge is -2.13. The van der Waals surface area contributed by atoms with Crippen LogP contribution < -0.4 is 5.32 Å². The van der Waals surface area contributed by atoms with Gasteiger partial charge in [-0.2, -0.15) is 13.2 Å². The normalized spacial score (nSPS) is 11.3. The number of hydrogen-bond donors (Lipinski definition) is 1. The van der Waals surface area contributed by atoms with Crippen molar-refractivity contribution in [3.8, 4) is 5.69 Å². The van der Waals surface area contributed by atoms with Gasteiger partial charge in [-0.25, -0.2) is 0 Å². The molecule has 0 saturated carbocycles. The lowest BCUT2D eigenvalue weighted by Crippen LogP contribution is -2.10. The number of nitrogens with one attached hydrogen (secondary N) is 1. The lowest BCUT2D eigenvalue weighted by atomic mass is 10.2. The number of alkyl halides is 3. The Morgan fingerprint density at radius 1 is 1.15 bits per heavy atom. The minimum Gasteiger partial charge on any atom is -0.364 e. The average Bonchev–Trinajstić information content (AvgIpc) is 3.02. The predicted octanol–water partition coefficient (Wildman–Crippen LogP) is 5.76. The zero-order valence-electron chi connectivity index (χ0n) is 13.4. The Bertz CT molecular complexity index is 987. The van der Waals surface area contributed by atoms with Crippen molar-refractivity contribution in [2.75, 3.05) is 5.32 Å². The summed E-state index contributed by atoms with van der Waals surface area (Å²) in [6, 6.07) is 8.36. The van der Waals surface area contributed by atoms with Crippen LogP contribution >= 0.6 is 23.2 Å². The van der Waals surface area contributed by atoms with Crippen LogP contribution in [0.1, 0.15) is 11.3 Å². The van der Waals surface area contributed by atoms with Crippen LogP contribution in [0.15, 0.2) is 42.6 Å². The third kappa shape index (κ3) is 4.15. The van der Waals surface area contributed by atoms with Gasteiger partial charge in [0.2, 0.25) is 0 Å². The lowest BCUT2D eigenvalue weighted by molar-refractivity contribution is -0.137. The third-order valence-electron chi connectivity index (χ3n) is 3.54. The van der Waals surface area contributed by atoms with E-state index < -0.39 is 11.7 Å². The number of anilines is 1. The highest BCUT2D eigenvalue weighted by Gasteiger charge is 2.33. The van der Waals surface area contributed by atoms with Gasteiger partial charge in [0.1, 0.15) is 11.5 Å². The molecular formula is C17H10Cl2F3N5. The molecule has 0 spiro atoms. The first-order chi connectivity index (χ1) is 12.8. The molecule has 0 atom stereocenters. The van der Waals surface area contributed by atoms with E-state index in [4.69, 9.17) is 29.8 Å². The van der Waals surface area contributed by atoms with Gasteiger partial charge in [0.05, 0.1) is 27.8 Å². The highest BCUT2D eigenvalue weighted by Crippen LogP contribution is 2.38. The van der Waals surface area contributed by atoms with Crippen LogP contribution in [-0.2, 0) is 12.7 Å². The van der Waals surface area contributed by atoms with E-state index in [9.17, 15) is 13.2 Å². The smallest absolute Gasteiger partial charge is 0.364 e. The molecular weight excluding hydrogens is 402 g/mol. The molecule has 27 heavy (non-hydrogen) atoms. The number of nitrogens with zero attached hydrogens (tertiary/aromatic N) is 4. The molecule has 3 rings (SSSR count). The number of aromatic nitrogens is 3. The van der Waals surface area contributed by atoms with Crippen LogP contribution in [0.3, 0.4) is 0 Å². The minimum absolute atomic E-state index is 0.0329. The number of halogens is 5. The van der Waals surface area contributed by atoms with Gasteiger partial charge in [-0.1, -0.05) is 35.8 Å². The zero-order chi connectivity index (χ0) is 19.6. The minimum atomic E-state index is -4.59. The van der Waals surface area contributed by atoms with E-state index in [1.54, 1.807) is 18.3 Å². The van der Waals surface area contributed by atoms with Crippen molar-refractivity contribution in [3.63, 3.8) is 0 Å². The second-order valence-electron chi connectivity index (χ2n) is 5.37. The van der Waals surface area contributed by atoms with Gasteiger partial charge >= 0.3 is 6.18 Å². The van der Waals surface area contributed by atoms with Crippen molar-refractivity contribution in [1.29, 1.82) is 0 Å². The maximum Gasteiger partial charge on any atom is 0.416 e. The Hall–Kier alpha value is -2.76. The summed E-state index contributed by atoms with van der Waals surface area (Å²) in [7, 11) is 0. The maximum absolute atomic E-state index is 12.9. The van der Waals surface area contributed by atoms with E-state index in [1.807, 2.05) is 6.07 Å². The summed E-state index contributed by atoms with van der Waals surface area (Å²) in [6.45, 7) is 7.44. The number of benzene rings is 1. The Morgan fingerprint density at radius 2 is 1.85 bits per heavy atom. The van der Waals surface area contributed by atoms with E-state index in [2.05, 4.69) is 20.2 Å². The molecule has 0 radical (unpaired) electrons. The molecule has 0 saturated heterocycles. The molecule has 10 heteroatoms. The Kier molecular flexibility index (Phi) is 5.26. The topological polar surface area (TPSA) is 47.1 Å². The summed E-state index contributed by atoms with van der Waals surface area (Å²) in [5, 5.41) is 6.61. The van der Waals surface area contributed by atoms with Gasteiger partial charge in [-0.15, -0.1) is 4.68 Å². The Morgan fingerprint density at radius 3 is 2.41 bits per heavy atom. The molecule has 0 aliphatic rings. The standard InChI is InChI=1S/C17H10Cl2F3N5/c1-23-14-8-15(25-9-11-4-2-3-5-24-11)27(26-14)16-12(18)6-10(7-13(16)19)17(20,21)22/h2-8,25H,9H2. The highest BCUT2D eigenvalue weighted by molar-refractivity contribution is 6.38. The molecule has 1 N–H and O–H groups in total. The summed E-state index contributed by atoms with van der Waals surface area (Å²) in [5.41, 5.74) is -0.203. The van der Waals surface area contributed by atoms with Gasteiger partial charge in [-0.05, 0) is 29.4 Å². The Labute approximate surface area is 162 Å². The van der Waals surface area contributed by atoms with E-state index in [0.29, 0.717) is 12.4 Å². The molecule has 0 amide bonds. The summed E-state index contributed by atoms with van der Waals surface area (Å²) in [6.07, 6.45) is -2.96. The first-order valence-electron chi connectivity index (χ1n) is 7.47. The van der Waals surface area contributed by atoms with Gasteiger partial charge in [0.15, 0.2) is 0 Å². The molecule has 0 fully saturated rings. The van der Waals surface area contributed by atoms with Crippen molar-refractivity contribution in [3.05, 3.63) is 75.3 Å². The molecule has 0 bridgehead atoms. The monoisotopic (exact) mass is 411 g/mol. The first-order valence-corrected chi connectivity index (χ1v) is 8.23. The van der Waals surface area contributed by atoms with Crippen molar-refractivity contribution >= 4 is 34.8 Å². The largest absolute Gasteiger partial charge is 0.416 e. The van der Waals surface area contributed by atoms with Gasteiger partial charge < -0.3 is 10.2 Å². The summed E-state index contributed by atoms with van der Waals surface area (Å²) >= 11 is 12.1. The fourth-order valence-corrected chi connectivity index (χ4v) is 2.98. The second-order valence-corrected chi connectivity index (χ2v) is 6.19. The molecule has 2 aromatic heterocycles. The van der Waals surface area contributed by atoms with Gasteiger partial charge in [0, 0.05) is 12.3 Å².